The van der Waals surface area contributed by atoms with E-state index < -0.39 is 9.84 Å². The summed E-state index contributed by atoms with van der Waals surface area (Å²) >= 11 is 0. The van der Waals surface area contributed by atoms with Gasteiger partial charge in [-0.15, -0.1) is 0 Å². The van der Waals surface area contributed by atoms with Crippen LogP contribution in [0.15, 0.2) is 30.3 Å². The third-order valence-electron chi connectivity index (χ3n) is 5.20. The molecule has 0 N–H and O–H groups in total. The van der Waals surface area contributed by atoms with E-state index in [0.717, 1.165) is 11.3 Å². The first-order valence-corrected chi connectivity index (χ1v) is 10.9. The number of rotatable bonds is 4. The van der Waals surface area contributed by atoms with Crippen molar-refractivity contribution in [3.05, 3.63) is 35.9 Å². The topological polar surface area (TPSA) is 70.2 Å². The van der Waals surface area contributed by atoms with Gasteiger partial charge in [-0.05, 0) is 6.07 Å². The first-order chi connectivity index (χ1) is 12.8. The lowest BCUT2D eigenvalue weighted by molar-refractivity contribution is 0.0638. The van der Waals surface area contributed by atoms with Gasteiger partial charge in [-0.3, -0.25) is 4.90 Å². The number of para-hydroxylation sites is 1. The Morgan fingerprint density at radius 1 is 1.22 bits per heavy atom. The lowest BCUT2D eigenvalue weighted by Crippen LogP contribution is -2.62. The lowest BCUT2D eigenvalue weighted by Gasteiger charge is -2.44. The number of urea groups is 1. The van der Waals surface area contributed by atoms with E-state index in [2.05, 4.69) is 4.90 Å². The van der Waals surface area contributed by atoms with Crippen LogP contribution in [0.5, 0.6) is 5.75 Å². The van der Waals surface area contributed by atoms with Crippen LogP contribution in [0.2, 0.25) is 0 Å². The van der Waals surface area contributed by atoms with E-state index in [1.165, 1.54) is 4.90 Å². The lowest BCUT2D eigenvalue weighted by atomic mass is 10.0. The molecule has 7 nitrogen and oxygen atoms in total. The molecular weight excluding hydrogens is 366 g/mol. The molecule has 0 unspecified atom stereocenters. The van der Waals surface area contributed by atoms with Gasteiger partial charge >= 0.3 is 6.03 Å². The number of sulfone groups is 1. The van der Waals surface area contributed by atoms with Crippen molar-refractivity contribution in [3.8, 4) is 5.75 Å². The van der Waals surface area contributed by atoms with Crippen molar-refractivity contribution >= 4 is 21.9 Å². The molecule has 1 aromatic carbocycles. The molecule has 1 aromatic rings. The number of nitrogens with zero attached hydrogens (tertiary/aromatic N) is 3. The number of methoxy groups -OCH3 is 1. The number of hydrogen-bond donors (Lipinski definition) is 0. The SMILES string of the molecule is COc1ccccc1/C=C/CN1CCN(C(=O)N(C)C)[C@@H]2CS(=O)(=O)C[C@@H]21. The predicted molar refractivity (Wildman–Crippen MR) is 106 cm³/mol. The summed E-state index contributed by atoms with van der Waals surface area (Å²) in [6, 6.07) is 7.20. The third-order valence-corrected chi connectivity index (χ3v) is 6.89. The highest BCUT2D eigenvalue weighted by molar-refractivity contribution is 7.91. The van der Waals surface area contributed by atoms with Crippen LogP contribution < -0.4 is 4.74 Å². The molecule has 2 heterocycles. The molecule has 2 aliphatic heterocycles. The van der Waals surface area contributed by atoms with Crippen molar-refractivity contribution < 1.29 is 17.9 Å². The predicted octanol–water partition coefficient (Wildman–Crippen LogP) is 1.17. The average molecular weight is 394 g/mol. The largest absolute Gasteiger partial charge is 0.496 e. The maximum Gasteiger partial charge on any atom is 0.319 e. The molecule has 0 spiro atoms. The summed E-state index contributed by atoms with van der Waals surface area (Å²) in [5, 5.41) is 0. The average Bonchev–Trinajstić information content (AvgIpc) is 2.96. The molecule has 3 rings (SSSR count). The van der Waals surface area contributed by atoms with Crippen molar-refractivity contribution in [2.75, 3.05) is 52.3 Å². The number of ether oxygens (including phenoxy) is 1. The van der Waals surface area contributed by atoms with E-state index >= 15 is 0 Å². The first kappa shape index (κ1) is 19.7. The van der Waals surface area contributed by atoms with Gasteiger partial charge in [0.05, 0.1) is 24.7 Å². The molecule has 0 bridgehead atoms. The number of piperazine rings is 1. The number of carbonyl (C=O) groups excluding carboxylic acids is 1. The van der Waals surface area contributed by atoms with Crippen LogP contribution in [0.1, 0.15) is 5.56 Å². The minimum absolute atomic E-state index is 0.0456. The third kappa shape index (κ3) is 4.27. The fraction of sp³-hybridized carbons (Fsp3) is 0.526. The van der Waals surface area contributed by atoms with Crippen molar-refractivity contribution in [1.29, 1.82) is 0 Å². The number of benzene rings is 1. The number of fused-ring (bicyclic) bond motifs is 1. The first-order valence-electron chi connectivity index (χ1n) is 9.04. The molecule has 2 amide bonds. The minimum Gasteiger partial charge on any atom is -0.496 e. The van der Waals surface area contributed by atoms with Crippen LogP contribution in [0.25, 0.3) is 6.08 Å². The Kier molecular flexibility index (Phi) is 5.76. The molecule has 8 heteroatoms. The number of amides is 2. The fourth-order valence-electron chi connectivity index (χ4n) is 3.87. The second kappa shape index (κ2) is 7.90. The zero-order chi connectivity index (χ0) is 19.6. The van der Waals surface area contributed by atoms with Gasteiger partial charge in [0, 0.05) is 45.3 Å². The summed E-state index contributed by atoms with van der Waals surface area (Å²) in [5.41, 5.74) is 0.983. The van der Waals surface area contributed by atoms with Crippen LogP contribution in [0, 0.1) is 0 Å². The summed E-state index contributed by atoms with van der Waals surface area (Å²) in [6.07, 6.45) is 4.03. The fourth-order valence-corrected chi connectivity index (χ4v) is 5.88. The summed E-state index contributed by atoms with van der Waals surface area (Å²) in [4.78, 5) is 17.8. The van der Waals surface area contributed by atoms with Gasteiger partial charge in [-0.1, -0.05) is 30.4 Å². The van der Waals surface area contributed by atoms with E-state index in [0.29, 0.717) is 19.6 Å². The van der Waals surface area contributed by atoms with Gasteiger partial charge in [0.15, 0.2) is 9.84 Å². The van der Waals surface area contributed by atoms with Gasteiger partial charge in [0.1, 0.15) is 5.75 Å². The monoisotopic (exact) mass is 393 g/mol. The zero-order valence-corrected chi connectivity index (χ0v) is 16.9. The van der Waals surface area contributed by atoms with Crippen LogP contribution >= 0.6 is 0 Å². The second-order valence-electron chi connectivity index (χ2n) is 7.22. The molecule has 2 aliphatic rings. The number of hydrogen-bond acceptors (Lipinski definition) is 5. The van der Waals surface area contributed by atoms with Crippen LogP contribution in [-0.2, 0) is 9.84 Å². The Labute approximate surface area is 161 Å². The Bertz CT molecular complexity index is 822. The van der Waals surface area contributed by atoms with Crippen LogP contribution in [-0.4, -0.2) is 93.6 Å². The normalized spacial score (nSPS) is 24.8. The van der Waals surface area contributed by atoms with Crippen LogP contribution in [0.3, 0.4) is 0 Å². The summed E-state index contributed by atoms with van der Waals surface area (Å²) in [5.74, 6) is 0.956. The molecule has 27 heavy (non-hydrogen) atoms. The maximum absolute atomic E-state index is 12.4. The van der Waals surface area contributed by atoms with E-state index in [-0.39, 0.29) is 29.6 Å². The Morgan fingerprint density at radius 2 is 1.93 bits per heavy atom. The second-order valence-corrected chi connectivity index (χ2v) is 9.38. The number of carbonyl (C=O) groups is 1. The van der Waals surface area contributed by atoms with E-state index in [1.54, 1.807) is 26.1 Å². The van der Waals surface area contributed by atoms with Gasteiger partial charge in [-0.25, -0.2) is 13.2 Å². The van der Waals surface area contributed by atoms with Gasteiger partial charge in [-0.2, -0.15) is 0 Å². The van der Waals surface area contributed by atoms with Gasteiger partial charge in [0.25, 0.3) is 0 Å². The van der Waals surface area contributed by atoms with Crippen molar-refractivity contribution in [2.45, 2.75) is 12.1 Å². The molecule has 2 atom stereocenters. The summed E-state index contributed by atoms with van der Waals surface area (Å²) in [6.45, 7) is 1.83. The highest BCUT2D eigenvalue weighted by Crippen LogP contribution is 2.28. The molecular formula is C19H27N3O4S. The van der Waals surface area contributed by atoms with Crippen molar-refractivity contribution in [2.24, 2.45) is 0 Å². The molecule has 0 aliphatic carbocycles. The molecule has 2 fully saturated rings. The molecule has 0 aromatic heterocycles. The zero-order valence-electron chi connectivity index (χ0n) is 16.0. The maximum atomic E-state index is 12.4. The van der Waals surface area contributed by atoms with E-state index in [1.807, 2.05) is 36.4 Å². The minimum atomic E-state index is -3.14. The van der Waals surface area contributed by atoms with Crippen molar-refractivity contribution in [3.63, 3.8) is 0 Å². The Hall–Kier alpha value is -2.06. The summed E-state index contributed by atoms with van der Waals surface area (Å²) in [7, 11) is 1.90. The standard InChI is InChI=1S/C19H27N3O4S/c1-20(2)19(23)22-12-11-21(16-13-27(24,25)14-17(16)22)10-6-8-15-7-4-5-9-18(15)26-3/h4-9,16-17H,10-14H2,1-3H3/b8-6+/t16-,17+/m0/s1. The van der Waals surface area contributed by atoms with E-state index in [4.69, 9.17) is 4.74 Å². The highest BCUT2D eigenvalue weighted by atomic mass is 32.2. The van der Waals surface area contributed by atoms with E-state index in [9.17, 15) is 13.2 Å². The van der Waals surface area contributed by atoms with Gasteiger partial charge < -0.3 is 14.5 Å². The smallest absolute Gasteiger partial charge is 0.319 e. The Balaban J connectivity index is 1.74. The van der Waals surface area contributed by atoms with Gasteiger partial charge in [0.2, 0.25) is 0 Å². The molecule has 148 valence electrons. The molecule has 0 radical (unpaired) electrons. The molecule has 0 saturated carbocycles. The Morgan fingerprint density at radius 3 is 2.63 bits per heavy atom. The van der Waals surface area contributed by atoms with Crippen LogP contribution in [0.4, 0.5) is 4.79 Å². The highest BCUT2D eigenvalue weighted by Gasteiger charge is 2.47. The van der Waals surface area contributed by atoms with Crippen molar-refractivity contribution in [1.82, 2.24) is 14.7 Å². The molecule has 2 saturated heterocycles. The summed E-state index contributed by atoms with van der Waals surface area (Å²) < 4.78 is 29.8. The quantitative estimate of drug-likeness (QED) is 0.768.